The number of rotatable bonds is 6. The van der Waals surface area contributed by atoms with Crippen LogP contribution in [0.4, 0.5) is 0 Å². The Bertz CT molecular complexity index is 778. The lowest BCUT2D eigenvalue weighted by atomic mass is 10.2. The largest absolute Gasteiger partial charge is 0.394 e. The summed E-state index contributed by atoms with van der Waals surface area (Å²) in [4.78, 5) is 20.2. The lowest BCUT2D eigenvalue weighted by Crippen LogP contribution is -2.42. The maximum absolute atomic E-state index is 13.1. The molecule has 0 aliphatic heterocycles. The van der Waals surface area contributed by atoms with Crippen LogP contribution in [-0.4, -0.2) is 37.9 Å². The van der Waals surface area contributed by atoms with E-state index in [9.17, 15) is 9.90 Å². The average Bonchev–Trinajstić information content (AvgIpc) is 3.23. The number of thiophene rings is 1. The van der Waals surface area contributed by atoms with E-state index in [0.717, 1.165) is 10.5 Å². The minimum atomic E-state index is -0.209. The zero-order valence-electron chi connectivity index (χ0n) is 12.9. The van der Waals surface area contributed by atoms with Crippen molar-refractivity contribution >= 4 is 22.9 Å². The van der Waals surface area contributed by atoms with E-state index in [1.165, 1.54) is 0 Å². The highest BCUT2D eigenvalue weighted by Crippen LogP contribution is 2.19. The van der Waals surface area contributed by atoms with Crippen LogP contribution in [-0.2, 0) is 6.54 Å². The summed E-state index contributed by atoms with van der Waals surface area (Å²) in [7, 11) is 0. The molecule has 3 rings (SSSR count). The maximum atomic E-state index is 13.1. The second-order valence-corrected chi connectivity index (χ2v) is 6.36. The van der Waals surface area contributed by atoms with Gasteiger partial charge in [-0.3, -0.25) is 9.20 Å². The number of aliphatic hydroxyl groups is 1. The van der Waals surface area contributed by atoms with Gasteiger partial charge in [-0.2, -0.15) is 0 Å². The minimum Gasteiger partial charge on any atom is -0.394 e. The number of pyridine rings is 1. The zero-order valence-corrected chi connectivity index (χ0v) is 13.7. The molecule has 0 aliphatic rings. The third-order valence-corrected chi connectivity index (χ3v) is 4.79. The first-order valence-corrected chi connectivity index (χ1v) is 8.48. The van der Waals surface area contributed by atoms with Gasteiger partial charge in [0.1, 0.15) is 11.3 Å². The third kappa shape index (κ3) is 3.13. The molecule has 0 unspecified atom stereocenters. The van der Waals surface area contributed by atoms with Crippen molar-refractivity contribution in [3.63, 3.8) is 0 Å². The van der Waals surface area contributed by atoms with Crippen molar-refractivity contribution in [1.82, 2.24) is 14.3 Å². The predicted molar refractivity (Wildman–Crippen MR) is 90.5 cm³/mol. The Labute approximate surface area is 138 Å². The van der Waals surface area contributed by atoms with Gasteiger partial charge in [0, 0.05) is 11.1 Å². The molecule has 23 heavy (non-hydrogen) atoms. The van der Waals surface area contributed by atoms with Crippen LogP contribution in [0, 0.1) is 0 Å². The molecular weight excluding hydrogens is 310 g/mol. The molecule has 0 bridgehead atoms. The number of carbonyl (C=O) groups is 1. The molecule has 0 aromatic carbocycles. The van der Waals surface area contributed by atoms with Gasteiger partial charge >= 0.3 is 0 Å². The highest BCUT2D eigenvalue weighted by Gasteiger charge is 2.26. The average molecular weight is 329 g/mol. The van der Waals surface area contributed by atoms with Gasteiger partial charge in [0.2, 0.25) is 0 Å². The van der Waals surface area contributed by atoms with Crippen molar-refractivity contribution in [2.45, 2.75) is 25.9 Å². The summed E-state index contributed by atoms with van der Waals surface area (Å²) in [5.74, 6) is -0.113. The first-order valence-electron chi connectivity index (χ1n) is 7.61. The fourth-order valence-electron chi connectivity index (χ4n) is 2.62. The van der Waals surface area contributed by atoms with E-state index in [4.69, 9.17) is 0 Å². The first-order chi connectivity index (χ1) is 11.2. The summed E-state index contributed by atoms with van der Waals surface area (Å²) in [6.07, 6.45) is 4.13. The molecule has 5 nitrogen and oxygen atoms in total. The van der Waals surface area contributed by atoms with Gasteiger partial charge in [-0.1, -0.05) is 19.1 Å². The van der Waals surface area contributed by atoms with Crippen LogP contribution in [0.1, 0.15) is 28.7 Å². The number of hydrogen-bond acceptors (Lipinski definition) is 4. The smallest absolute Gasteiger partial charge is 0.273 e. The second kappa shape index (κ2) is 6.93. The molecule has 0 fully saturated rings. The van der Waals surface area contributed by atoms with Crippen molar-refractivity contribution in [3.8, 4) is 0 Å². The van der Waals surface area contributed by atoms with Gasteiger partial charge in [-0.25, -0.2) is 4.98 Å². The molecule has 0 aliphatic carbocycles. The Balaban J connectivity index is 1.96. The monoisotopic (exact) mass is 329 g/mol. The van der Waals surface area contributed by atoms with Gasteiger partial charge in [0.15, 0.2) is 0 Å². The molecule has 0 spiro atoms. The van der Waals surface area contributed by atoms with E-state index in [-0.39, 0.29) is 18.6 Å². The number of nitrogens with zero attached hydrogens (tertiary/aromatic N) is 3. The van der Waals surface area contributed by atoms with Crippen LogP contribution >= 0.6 is 11.3 Å². The van der Waals surface area contributed by atoms with Crippen LogP contribution < -0.4 is 0 Å². The number of aromatic nitrogens is 2. The normalized spacial score (nSPS) is 12.4. The van der Waals surface area contributed by atoms with Crippen LogP contribution in [0.3, 0.4) is 0 Å². The molecule has 0 saturated carbocycles. The molecule has 3 heterocycles. The van der Waals surface area contributed by atoms with Gasteiger partial charge < -0.3 is 10.0 Å². The lowest BCUT2D eigenvalue weighted by Gasteiger charge is -2.29. The molecule has 1 atom stereocenters. The molecule has 6 heteroatoms. The van der Waals surface area contributed by atoms with E-state index in [0.29, 0.717) is 18.7 Å². The lowest BCUT2D eigenvalue weighted by molar-refractivity contribution is 0.0559. The Morgan fingerprint density at radius 1 is 1.39 bits per heavy atom. The number of amides is 1. The Kier molecular flexibility index (Phi) is 4.73. The summed E-state index contributed by atoms with van der Waals surface area (Å²) >= 11 is 1.61. The molecule has 3 aromatic heterocycles. The van der Waals surface area contributed by atoms with Crippen LogP contribution in [0.25, 0.3) is 5.65 Å². The van der Waals surface area contributed by atoms with E-state index in [2.05, 4.69) is 4.98 Å². The summed E-state index contributed by atoms with van der Waals surface area (Å²) in [5.41, 5.74) is 1.26. The SMILES string of the molecule is CC[C@H](CO)N(Cc1cccs1)C(=O)c1cnc2ccccn12. The van der Waals surface area contributed by atoms with Gasteiger partial charge in [-0.15, -0.1) is 11.3 Å². The van der Waals surface area contributed by atoms with Crippen molar-refractivity contribution in [3.05, 3.63) is 58.7 Å². The third-order valence-electron chi connectivity index (χ3n) is 3.93. The highest BCUT2D eigenvalue weighted by atomic mass is 32.1. The highest BCUT2D eigenvalue weighted by molar-refractivity contribution is 7.09. The molecule has 0 radical (unpaired) electrons. The van der Waals surface area contributed by atoms with E-state index in [1.807, 2.05) is 48.8 Å². The van der Waals surface area contributed by atoms with Gasteiger partial charge in [0.25, 0.3) is 5.91 Å². The molecular formula is C17H19N3O2S. The fourth-order valence-corrected chi connectivity index (χ4v) is 3.33. The van der Waals surface area contributed by atoms with Crippen molar-refractivity contribution in [2.75, 3.05) is 6.61 Å². The van der Waals surface area contributed by atoms with Crippen LogP contribution in [0.15, 0.2) is 48.1 Å². The molecule has 0 saturated heterocycles. The maximum Gasteiger partial charge on any atom is 0.273 e. The topological polar surface area (TPSA) is 57.8 Å². The standard InChI is InChI=1S/C17H19N3O2S/c1-2-13(12-21)20(11-14-6-5-9-23-14)17(22)15-10-18-16-7-3-4-8-19(15)16/h3-10,13,21H,2,11-12H2,1H3/t13-/m1/s1. The molecule has 120 valence electrons. The predicted octanol–water partition coefficient (Wildman–Crippen LogP) is 2.81. The van der Waals surface area contributed by atoms with Crippen LogP contribution in [0.2, 0.25) is 0 Å². The number of carbonyl (C=O) groups excluding carboxylic acids is 1. The summed E-state index contributed by atoms with van der Waals surface area (Å²) < 4.78 is 1.79. The first kappa shape index (κ1) is 15.7. The van der Waals surface area contributed by atoms with E-state index in [1.54, 1.807) is 26.8 Å². The molecule has 1 amide bonds. The molecule has 3 aromatic rings. The fraction of sp³-hybridized carbons (Fsp3) is 0.294. The Hall–Kier alpha value is -2.18. The second-order valence-electron chi connectivity index (χ2n) is 5.33. The summed E-state index contributed by atoms with van der Waals surface area (Å²) in [5, 5.41) is 11.7. The Morgan fingerprint density at radius 3 is 2.96 bits per heavy atom. The zero-order chi connectivity index (χ0) is 16.2. The summed E-state index contributed by atoms with van der Waals surface area (Å²) in [6.45, 7) is 2.42. The van der Waals surface area contributed by atoms with E-state index < -0.39 is 0 Å². The van der Waals surface area contributed by atoms with Gasteiger partial charge in [0.05, 0.1) is 25.4 Å². The van der Waals surface area contributed by atoms with Crippen molar-refractivity contribution in [2.24, 2.45) is 0 Å². The van der Waals surface area contributed by atoms with Crippen LogP contribution in [0.5, 0.6) is 0 Å². The van der Waals surface area contributed by atoms with Crippen molar-refractivity contribution in [1.29, 1.82) is 0 Å². The van der Waals surface area contributed by atoms with Gasteiger partial charge in [-0.05, 0) is 30.0 Å². The number of aliphatic hydroxyl groups excluding tert-OH is 1. The summed E-state index contributed by atoms with van der Waals surface area (Å²) in [6, 6.07) is 9.39. The number of imidazole rings is 1. The quantitative estimate of drug-likeness (QED) is 0.756. The van der Waals surface area contributed by atoms with E-state index >= 15 is 0 Å². The Morgan fingerprint density at radius 2 is 2.26 bits per heavy atom. The number of hydrogen-bond donors (Lipinski definition) is 1. The van der Waals surface area contributed by atoms with Crippen molar-refractivity contribution < 1.29 is 9.90 Å². The molecule has 1 N–H and O–H groups in total. The minimum absolute atomic E-state index is 0.0512. The number of fused-ring (bicyclic) bond motifs is 1.